The monoisotopic (exact) mass is 351 g/mol. The van der Waals surface area contributed by atoms with Gasteiger partial charge in [-0.1, -0.05) is 0 Å². The number of pyridine rings is 1. The van der Waals surface area contributed by atoms with E-state index in [1.54, 1.807) is 12.1 Å². The summed E-state index contributed by atoms with van der Waals surface area (Å²) in [6.45, 7) is 0.0929. The second-order valence-electron chi connectivity index (χ2n) is 4.33. The standard InChI is InChI=1S/C10H11BrFN3O3S/c11-8-2-1-7(13)10(14-8)15-4-6(3-9(15)16)5-19(12,17)18/h1-2,6H,3-5,13H2. The molecule has 1 aromatic heterocycles. The summed E-state index contributed by atoms with van der Waals surface area (Å²) < 4.78 is 34.4. The normalized spacial score (nSPS) is 20.0. The summed E-state index contributed by atoms with van der Waals surface area (Å²) in [5, 5.41) is 0. The smallest absolute Gasteiger partial charge is 0.302 e. The van der Waals surface area contributed by atoms with Crippen LogP contribution in [0.5, 0.6) is 0 Å². The number of amides is 1. The second-order valence-corrected chi connectivity index (χ2v) is 6.55. The van der Waals surface area contributed by atoms with E-state index in [1.807, 2.05) is 0 Å². The lowest BCUT2D eigenvalue weighted by molar-refractivity contribution is -0.117. The Balaban J connectivity index is 2.23. The minimum atomic E-state index is -4.59. The zero-order valence-corrected chi connectivity index (χ0v) is 12.1. The largest absolute Gasteiger partial charge is 0.396 e. The molecule has 1 fully saturated rings. The van der Waals surface area contributed by atoms with Gasteiger partial charge in [-0.3, -0.25) is 9.69 Å². The summed E-state index contributed by atoms with van der Waals surface area (Å²) in [6, 6.07) is 3.21. The Morgan fingerprint density at radius 2 is 2.21 bits per heavy atom. The van der Waals surface area contributed by atoms with E-state index in [2.05, 4.69) is 20.9 Å². The molecule has 0 spiro atoms. The fourth-order valence-corrected chi connectivity index (χ4v) is 3.12. The van der Waals surface area contributed by atoms with Crippen LogP contribution >= 0.6 is 15.9 Å². The first-order valence-corrected chi connectivity index (χ1v) is 7.75. The number of aromatic nitrogens is 1. The van der Waals surface area contributed by atoms with Gasteiger partial charge in [-0.2, -0.15) is 8.42 Å². The van der Waals surface area contributed by atoms with Crippen molar-refractivity contribution in [2.24, 2.45) is 5.92 Å². The molecule has 0 bridgehead atoms. The lowest BCUT2D eigenvalue weighted by atomic mass is 10.1. The predicted octanol–water partition coefficient (Wildman–Crippen LogP) is 1.08. The van der Waals surface area contributed by atoms with Crippen molar-refractivity contribution in [3.05, 3.63) is 16.7 Å². The van der Waals surface area contributed by atoms with E-state index in [4.69, 9.17) is 5.73 Å². The van der Waals surface area contributed by atoms with Gasteiger partial charge >= 0.3 is 10.2 Å². The zero-order chi connectivity index (χ0) is 14.2. The van der Waals surface area contributed by atoms with E-state index in [9.17, 15) is 17.1 Å². The van der Waals surface area contributed by atoms with E-state index in [-0.39, 0.29) is 24.7 Å². The first-order chi connectivity index (χ1) is 8.76. The fourth-order valence-electron chi connectivity index (χ4n) is 2.03. The highest BCUT2D eigenvalue weighted by atomic mass is 79.9. The molecule has 1 saturated heterocycles. The van der Waals surface area contributed by atoms with Gasteiger partial charge in [0.25, 0.3) is 0 Å². The van der Waals surface area contributed by atoms with Crippen LogP contribution in [0.25, 0.3) is 0 Å². The third-order valence-electron chi connectivity index (χ3n) is 2.77. The highest BCUT2D eigenvalue weighted by molar-refractivity contribution is 9.10. The molecule has 1 aliphatic heterocycles. The second kappa shape index (κ2) is 5.04. The van der Waals surface area contributed by atoms with Crippen molar-refractivity contribution in [2.75, 3.05) is 22.9 Å². The van der Waals surface area contributed by atoms with E-state index < -0.39 is 21.9 Å². The van der Waals surface area contributed by atoms with Gasteiger partial charge < -0.3 is 5.73 Å². The first-order valence-electron chi connectivity index (χ1n) is 5.41. The highest BCUT2D eigenvalue weighted by Gasteiger charge is 2.35. The number of hydrogen-bond acceptors (Lipinski definition) is 5. The third kappa shape index (κ3) is 3.41. The summed E-state index contributed by atoms with van der Waals surface area (Å²) in [4.78, 5) is 17.2. The number of halogens is 2. The van der Waals surface area contributed by atoms with Crippen LogP contribution in [0, 0.1) is 5.92 Å². The number of hydrogen-bond donors (Lipinski definition) is 1. The van der Waals surface area contributed by atoms with Gasteiger partial charge in [0.15, 0.2) is 5.82 Å². The lowest BCUT2D eigenvalue weighted by Gasteiger charge is -2.17. The Labute approximate surface area is 118 Å². The van der Waals surface area contributed by atoms with Crippen LogP contribution < -0.4 is 10.6 Å². The van der Waals surface area contributed by atoms with Gasteiger partial charge in [0.1, 0.15) is 4.60 Å². The molecule has 0 saturated carbocycles. The molecule has 6 nitrogen and oxygen atoms in total. The van der Waals surface area contributed by atoms with E-state index in [0.29, 0.717) is 10.3 Å². The van der Waals surface area contributed by atoms with Crippen molar-refractivity contribution >= 4 is 43.6 Å². The molecule has 1 aromatic rings. The predicted molar refractivity (Wildman–Crippen MR) is 71.7 cm³/mol. The topological polar surface area (TPSA) is 93.4 Å². The molecule has 2 N–H and O–H groups in total. The van der Waals surface area contributed by atoms with Crippen molar-refractivity contribution in [3.8, 4) is 0 Å². The minimum absolute atomic E-state index is 0.0310. The van der Waals surface area contributed by atoms with Gasteiger partial charge in [0, 0.05) is 18.9 Å². The number of carbonyl (C=O) groups excluding carboxylic acids is 1. The van der Waals surface area contributed by atoms with Crippen molar-refractivity contribution in [3.63, 3.8) is 0 Å². The quantitative estimate of drug-likeness (QED) is 0.649. The van der Waals surface area contributed by atoms with Gasteiger partial charge in [0.2, 0.25) is 5.91 Å². The molecule has 104 valence electrons. The Kier molecular flexibility index (Phi) is 3.77. The molecule has 2 rings (SSSR count). The number of carbonyl (C=O) groups is 1. The zero-order valence-electron chi connectivity index (χ0n) is 9.71. The number of rotatable bonds is 3. The molecule has 1 unspecified atom stereocenters. The molecular formula is C10H11BrFN3O3S. The lowest BCUT2D eigenvalue weighted by Crippen LogP contribution is -2.27. The van der Waals surface area contributed by atoms with Crippen LogP contribution in [-0.2, 0) is 15.0 Å². The van der Waals surface area contributed by atoms with E-state index in [1.165, 1.54) is 4.90 Å². The first kappa shape index (κ1) is 14.2. The fraction of sp³-hybridized carbons (Fsp3) is 0.400. The maximum Gasteiger partial charge on any atom is 0.302 e. The van der Waals surface area contributed by atoms with Crippen LogP contribution in [-0.4, -0.2) is 31.6 Å². The van der Waals surface area contributed by atoms with Crippen molar-refractivity contribution in [1.82, 2.24) is 4.98 Å². The molecule has 2 heterocycles. The van der Waals surface area contributed by atoms with Crippen LogP contribution in [0.4, 0.5) is 15.4 Å². The maximum atomic E-state index is 12.6. The number of nitrogens with zero attached hydrogens (tertiary/aromatic N) is 2. The van der Waals surface area contributed by atoms with E-state index >= 15 is 0 Å². The SMILES string of the molecule is Nc1ccc(Br)nc1N1CC(CS(=O)(=O)F)CC1=O. The third-order valence-corrected chi connectivity index (χ3v) is 4.08. The molecule has 1 atom stereocenters. The summed E-state index contributed by atoms with van der Waals surface area (Å²) in [6.07, 6.45) is -0.0310. The summed E-state index contributed by atoms with van der Waals surface area (Å²) in [5.74, 6) is -1.30. The molecule has 1 amide bonds. The maximum absolute atomic E-state index is 12.6. The van der Waals surface area contributed by atoms with E-state index in [0.717, 1.165) is 0 Å². The number of nitrogens with two attached hydrogens (primary N) is 1. The number of nitrogen functional groups attached to an aromatic ring is 1. The van der Waals surface area contributed by atoms with Gasteiger partial charge in [-0.25, -0.2) is 4.98 Å². The molecule has 0 radical (unpaired) electrons. The molecule has 0 aromatic carbocycles. The molecule has 1 aliphatic rings. The van der Waals surface area contributed by atoms with Crippen LogP contribution in [0.2, 0.25) is 0 Å². The highest BCUT2D eigenvalue weighted by Crippen LogP contribution is 2.30. The van der Waals surface area contributed by atoms with Crippen LogP contribution in [0.15, 0.2) is 16.7 Å². The Morgan fingerprint density at radius 1 is 1.53 bits per heavy atom. The Hall–Kier alpha value is -1.22. The van der Waals surface area contributed by atoms with Crippen LogP contribution in [0.3, 0.4) is 0 Å². The summed E-state index contributed by atoms with van der Waals surface area (Å²) in [5.41, 5.74) is 6.04. The molecule has 19 heavy (non-hydrogen) atoms. The minimum Gasteiger partial charge on any atom is -0.396 e. The average molecular weight is 352 g/mol. The molecule has 0 aliphatic carbocycles. The molecule has 9 heteroatoms. The average Bonchev–Trinajstić information content (AvgIpc) is 2.60. The molecular weight excluding hydrogens is 341 g/mol. The summed E-state index contributed by atoms with van der Waals surface area (Å²) >= 11 is 3.17. The van der Waals surface area contributed by atoms with Gasteiger partial charge in [-0.05, 0) is 28.1 Å². The van der Waals surface area contributed by atoms with Gasteiger partial charge in [-0.15, -0.1) is 3.89 Å². The van der Waals surface area contributed by atoms with Crippen molar-refractivity contribution < 1.29 is 17.1 Å². The number of anilines is 2. The Morgan fingerprint density at radius 3 is 2.84 bits per heavy atom. The van der Waals surface area contributed by atoms with Crippen molar-refractivity contribution in [2.45, 2.75) is 6.42 Å². The van der Waals surface area contributed by atoms with Gasteiger partial charge in [0.05, 0.1) is 11.4 Å². The summed E-state index contributed by atoms with van der Waals surface area (Å²) in [7, 11) is -4.59. The Bertz CT molecular complexity index is 622. The van der Waals surface area contributed by atoms with Crippen molar-refractivity contribution in [1.29, 1.82) is 0 Å². The van der Waals surface area contributed by atoms with Crippen LogP contribution in [0.1, 0.15) is 6.42 Å².